The van der Waals surface area contributed by atoms with Gasteiger partial charge in [-0.1, -0.05) is 29.8 Å². The number of fused-ring (bicyclic) bond motifs is 3. The Morgan fingerprint density at radius 2 is 2.03 bits per heavy atom. The monoisotopic (exact) mass is 436 g/mol. The largest absolute Gasteiger partial charge is 0.497 e. The molecule has 2 aromatic rings. The molecular weight excluding hydrogens is 412 g/mol. The molecule has 1 atom stereocenters. The number of hydrogen-bond acceptors (Lipinski definition) is 5. The molecule has 31 heavy (non-hydrogen) atoms. The number of amides is 1. The number of amidine groups is 1. The summed E-state index contributed by atoms with van der Waals surface area (Å²) in [5.74, 6) is 1.44. The SMILES string of the molecule is CNC(=O)CC1N=C(c2ccc(Cl)cc2)c2cc(OC)ccc2N2C(C)=CCCN=C12. The summed E-state index contributed by atoms with van der Waals surface area (Å²) in [4.78, 5) is 24.5. The van der Waals surface area contributed by atoms with E-state index in [4.69, 9.17) is 26.3 Å². The lowest BCUT2D eigenvalue weighted by atomic mass is 9.99. The first-order chi connectivity index (χ1) is 15.0. The molecule has 2 heterocycles. The predicted octanol–water partition coefficient (Wildman–Crippen LogP) is 4.22. The molecule has 2 aromatic carbocycles. The standard InChI is InChI=1S/C24H25ClN4O2/c1-15-5-4-12-27-24-20(14-22(30)26-2)28-23(16-6-8-17(25)9-7-16)19-13-18(31-3)10-11-21(19)29(15)24/h5-11,13,20H,4,12,14H2,1-3H3,(H,26,30). The van der Waals surface area contributed by atoms with E-state index in [1.807, 2.05) is 42.5 Å². The normalized spacial score (nSPS) is 17.9. The van der Waals surface area contributed by atoms with Gasteiger partial charge in [-0.05, 0) is 43.7 Å². The molecule has 4 rings (SSSR count). The molecule has 160 valence electrons. The molecule has 6 nitrogen and oxygen atoms in total. The lowest BCUT2D eigenvalue weighted by Crippen LogP contribution is -2.39. The van der Waals surface area contributed by atoms with Gasteiger partial charge in [0.2, 0.25) is 5.91 Å². The van der Waals surface area contributed by atoms with Gasteiger partial charge in [0.1, 0.15) is 17.6 Å². The number of nitrogens with one attached hydrogen (secondary N) is 1. The van der Waals surface area contributed by atoms with E-state index in [1.165, 1.54) is 0 Å². The first-order valence-electron chi connectivity index (χ1n) is 10.3. The first kappa shape index (κ1) is 21.1. The van der Waals surface area contributed by atoms with Gasteiger partial charge in [0, 0.05) is 35.4 Å². The number of rotatable bonds is 4. The fourth-order valence-electron chi connectivity index (χ4n) is 3.93. The molecule has 0 bridgehead atoms. The van der Waals surface area contributed by atoms with Gasteiger partial charge in [-0.3, -0.25) is 14.8 Å². The van der Waals surface area contributed by atoms with Crippen molar-refractivity contribution in [1.29, 1.82) is 0 Å². The number of halogens is 1. The maximum Gasteiger partial charge on any atom is 0.222 e. The Morgan fingerprint density at radius 3 is 2.74 bits per heavy atom. The molecular formula is C24H25ClN4O2. The molecule has 0 spiro atoms. The van der Waals surface area contributed by atoms with Crippen LogP contribution in [0, 0.1) is 0 Å². The molecule has 7 heteroatoms. The van der Waals surface area contributed by atoms with E-state index < -0.39 is 6.04 Å². The summed E-state index contributed by atoms with van der Waals surface area (Å²) in [6.45, 7) is 2.73. The van der Waals surface area contributed by atoms with Crippen molar-refractivity contribution in [2.45, 2.75) is 25.8 Å². The molecule has 1 amide bonds. The molecule has 0 saturated heterocycles. The van der Waals surface area contributed by atoms with Crippen molar-refractivity contribution < 1.29 is 9.53 Å². The number of ether oxygens (including phenoxy) is 1. The fourth-order valence-corrected chi connectivity index (χ4v) is 4.05. The van der Waals surface area contributed by atoms with E-state index in [2.05, 4.69) is 23.2 Å². The second-order valence-electron chi connectivity index (χ2n) is 7.47. The summed E-state index contributed by atoms with van der Waals surface area (Å²) in [5.41, 5.74) is 4.65. The van der Waals surface area contributed by atoms with Gasteiger partial charge in [0.25, 0.3) is 0 Å². The topological polar surface area (TPSA) is 66.3 Å². The number of nitrogens with zero attached hydrogens (tertiary/aromatic N) is 3. The lowest BCUT2D eigenvalue weighted by molar-refractivity contribution is -0.120. The maximum atomic E-state index is 12.4. The molecule has 0 fully saturated rings. The second kappa shape index (κ2) is 8.94. The summed E-state index contributed by atoms with van der Waals surface area (Å²) < 4.78 is 5.52. The van der Waals surface area contributed by atoms with Crippen LogP contribution in [0.2, 0.25) is 5.02 Å². The quantitative estimate of drug-likeness (QED) is 0.780. The van der Waals surface area contributed by atoms with Crippen LogP contribution < -0.4 is 15.0 Å². The molecule has 0 radical (unpaired) electrons. The Morgan fingerprint density at radius 1 is 1.26 bits per heavy atom. The van der Waals surface area contributed by atoms with E-state index in [9.17, 15) is 4.79 Å². The highest BCUT2D eigenvalue weighted by atomic mass is 35.5. The van der Waals surface area contributed by atoms with Gasteiger partial charge in [-0.2, -0.15) is 0 Å². The van der Waals surface area contributed by atoms with Crippen molar-refractivity contribution in [1.82, 2.24) is 5.32 Å². The number of carbonyl (C=O) groups is 1. The third-order valence-corrected chi connectivity index (χ3v) is 5.73. The van der Waals surface area contributed by atoms with Crippen molar-refractivity contribution >= 4 is 34.7 Å². The Hall–Kier alpha value is -3.12. The summed E-state index contributed by atoms with van der Waals surface area (Å²) in [6, 6.07) is 13.1. The highest BCUT2D eigenvalue weighted by Gasteiger charge is 2.33. The van der Waals surface area contributed by atoms with Gasteiger partial charge in [0.15, 0.2) is 0 Å². The number of carbonyl (C=O) groups excluding carboxylic acids is 1. The third-order valence-electron chi connectivity index (χ3n) is 5.48. The number of anilines is 1. The third kappa shape index (κ3) is 4.21. The Balaban J connectivity index is 1.99. The van der Waals surface area contributed by atoms with Gasteiger partial charge < -0.3 is 15.0 Å². The van der Waals surface area contributed by atoms with Crippen molar-refractivity contribution in [2.75, 3.05) is 25.6 Å². The number of allylic oxidation sites excluding steroid dienone is 1. The van der Waals surface area contributed by atoms with Crippen LogP contribution in [-0.4, -0.2) is 44.2 Å². The second-order valence-corrected chi connectivity index (χ2v) is 7.91. The number of benzene rings is 2. The van der Waals surface area contributed by atoms with Crippen LogP contribution in [0.1, 0.15) is 30.9 Å². The fraction of sp³-hybridized carbons (Fsp3) is 0.292. The van der Waals surface area contributed by atoms with E-state index in [1.54, 1.807) is 14.2 Å². The van der Waals surface area contributed by atoms with Crippen LogP contribution in [0.25, 0.3) is 0 Å². The molecule has 2 aliphatic heterocycles. The molecule has 1 unspecified atom stereocenters. The molecule has 0 aliphatic carbocycles. The van der Waals surface area contributed by atoms with E-state index in [0.717, 1.165) is 46.2 Å². The van der Waals surface area contributed by atoms with Crippen LogP contribution in [0.15, 0.2) is 64.2 Å². The summed E-state index contributed by atoms with van der Waals surface area (Å²) in [6.07, 6.45) is 3.23. The minimum absolute atomic E-state index is 0.0822. The van der Waals surface area contributed by atoms with Crippen LogP contribution in [-0.2, 0) is 4.79 Å². The van der Waals surface area contributed by atoms with Crippen molar-refractivity contribution in [3.8, 4) is 5.75 Å². The Kier molecular flexibility index (Phi) is 6.09. The number of hydrogen-bond donors (Lipinski definition) is 1. The van der Waals surface area contributed by atoms with Gasteiger partial charge in [-0.25, -0.2) is 0 Å². The molecule has 0 saturated carbocycles. The smallest absolute Gasteiger partial charge is 0.222 e. The average Bonchev–Trinajstić information content (AvgIpc) is 3.05. The Labute approximate surface area is 187 Å². The summed E-state index contributed by atoms with van der Waals surface area (Å²) in [7, 11) is 3.29. The van der Waals surface area contributed by atoms with Crippen LogP contribution >= 0.6 is 11.6 Å². The van der Waals surface area contributed by atoms with Crippen molar-refractivity contribution in [2.24, 2.45) is 9.98 Å². The zero-order chi connectivity index (χ0) is 22.0. The van der Waals surface area contributed by atoms with Crippen LogP contribution in [0.4, 0.5) is 5.69 Å². The summed E-state index contributed by atoms with van der Waals surface area (Å²) in [5, 5.41) is 3.38. The highest BCUT2D eigenvalue weighted by Crippen LogP contribution is 2.35. The minimum atomic E-state index is -0.425. The highest BCUT2D eigenvalue weighted by molar-refractivity contribution is 6.31. The lowest BCUT2D eigenvalue weighted by Gasteiger charge is -2.28. The zero-order valence-corrected chi connectivity index (χ0v) is 18.6. The van der Waals surface area contributed by atoms with Gasteiger partial charge >= 0.3 is 0 Å². The van der Waals surface area contributed by atoms with Crippen LogP contribution in [0.5, 0.6) is 5.75 Å². The number of methoxy groups -OCH3 is 1. The van der Waals surface area contributed by atoms with Crippen LogP contribution in [0.3, 0.4) is 0 Å². The van der Waals surface area contributed by atoms with E-state index in [-0.39, 0.29) is 12.3 Å². The number of aliphatic imine (C=N–C) groups is 2. The van der Waals surface area contributed by atoms with Crippen molar-refractivity contribution in [3.63, 3.8) is 0 Å². The Bertz CT molecular complexity index is 1090. The molecule has 2 aliphatic rings. The van der Waals surface area contributed by atoms with Gasteiger partial charge in [0.05, 0.1) is 24.9 Å². The first-order valence-corrected chi connectivity index (χ1v) is 10.6. The van der Waals surface area contributed by atoms with E-state index >= 15 is 0 Å². The average molecular weight is 437 g/mol. The predicted molar refractivity (Wildman–Crippen MR) is 126 cm³/mol. The van der Waals surface area contributed by atoms with E-state index in [0.29, 0.717) is 11.6 Å². The summed E-state index contributed by atoms with van der Waals surface area (Å²) >= 11 is 6.14. The van der Waals surface area contributed by atoms with Gasteiger partial charge in [-0.15, -0.1) is 0 Å². The molecule has 0 aromatic heterocycles. The molecule has 1 N–H and O–H groups in total. The van der Waals surface area contributed by atoms with Crippen molar-refractivity contribution in [3.05, 3.63) is 70.4 Å². The maximum absolute atomic E-state index is 12.4. The zero-order valence-electron chi connectivity index (χ0n) is 17.9. The minimum Gasteiger partial charge on any atom is -0.497 e.